The summed E-state index contributed by atoms with van der Waals surface area (Å²) in [6, 6.07) is 22.6. The number of aliphatic imine (C=N–C) groups is 1. The van der Waals surface area contributed by atoms with Crippen LogP contribution in [-0.2, 0) is 4.79 Å². The van der Waals surface area contributed by atoms with Gasteiger partial charge in [0.1, 0.15) is 16.7 Å². The molecular formula is C29H21Cl2N3O3. The molecule has 0 fully saturated rings. The molecule has 0 bridgehead atoms. The quantitative estimate of drug-likeness (QED) is 0.167. The summed E-state index contributed by atoms with van der Waals surface area (Å²) in [5.41, 5.74) is 10.3. The van der Waals surface area contributed by atoms with Gasteiger partial charge in [-0.15, -0.1) is 0 Å². The molecule has 8 heteroatoms. The third kappa shape index (κ3) is 4.61. The van der Waals surface area contributed by atoms with Crippen LogP contribution in [0.4, 0.5) is 11.4 Å². The van der Waals surface area contributed by atoms with Crippen molar-refractivity contribution in [2.24, 2.45) is 10.7 Å². The Morgan fingerprint density at radius 2 is 1.57 bits per heavy atom. The first-order valence-electron chi connectivity index (χ1n) is 11.8. The number of para-hydroxylation sites is 1. The SMILES string of the molecule is NC(CCCC(=O)Nc1ccc2c(c1)oc1ccccc12)=Nc1ccc2c(c1)oc1c(Cl)cc(Cl)cc12. The molecule has 6 aromatic rings. The molecule has 0 saturated carbocycles. The molecule has 4 aromatic carbocycles. The zero-order valence-electron chi connectivity index (χ0n) is 19.6. The summed E-state index contributed by atoms with van der Waals surface area (Å²) in [5.74, 6) is 0.343. The normalized spacial score (nSPS) is 12.2. The minimum absolute atomic E-state index is 0.0949. The van der Waals surface area contributed by atoms with E-state index in [1.807, 2.05) is 66.7 Å². The van der Waals surface area contributed by atoms with E-state index in [9.17, 15) is 4.79 Å². The van der Waals surface area contributed by atoms with E-state index in [0.29, 0.717) is 57.7 Å². The lowest BCUT2D eigenvalue weighted by Crippen LogP contribution is -2.14. The van der Waals surface area contributed by atoms with E-state index in [4.69, 9.17) is 37.8 Å². The van der Waals surface area contributed by atoms with Gasteiger partial charge in [-0.25, -0.2) is 4.99 Å². The molecule has 3 N–H and O–H groups in total. The summed E-state index contributed by atoms with van der Waals surface area (Å²) in [4.78, 5) is 17.0. The van der Waals surface area contributed by atoms with E-state index in [0.717, 1.165) is 32.7 Å². The Morgan fingerprint density at radius 1 is 0.811 bits per heavy atom. The fourth-order valence-corrected chi connectivity index (χ4v) is 5.07. The van der Waals surface area contributed by atoms with Crippen molar-refractivity contribution in [2.75, 3.05) is 5.32 Å². The zero-order chi connectivity index (χ0) is 25.5. The van der Waals surface area contributed by atoms with Crippen molar-refractivity contribution in [2.45, 2.75) is 19.3 Å². The highest BCUT2D eigenvalue weighted by molar-refractivity contribution is 6.39. The number of nitrogens with zero attached hydrogens (tertiary/aromatic N) is 1. The Balaban J connectivity index is 1.09. The van der Waals surface area contributed by atoms with Crippen molar-refractivity contribution in [3.05, 3.63) is 82.8 Å². The number of amides is 1. The van der Waals surface area contributed by atoms with Crippen LogP contribution in [0.25, 0.3) is 43.9 Å². The van der Waals surface area contributed by atoms with Gasteiger partial charge < -0.3 is 19.9 Å². The number of halogens is 2. The number of hydrogen-bond donors (Lipinski definition) is 2. The summed E-state index contributed by atoms with van der Waals surface area (Å²) >= 11 is 12.4. The van der Waals surface area contributed by atoms with Gasteiger partial charge in [0, 0.05) is 57.2 Å². The summed E-state index contributed by atoms with van der Waals surface area (Å²) in [7, 11) is 0. The Hall–Kier alpha value is -4.00. The number of fused-ring (bicyclic) bond motifs is 6. The molecule has 2 aromatic heterocycles. The highest BCUT2D eigenvalue weighted by Gasteiger charge is 2.12. The second-order valence-electron chi connectivity index (χ2n) is 8.86. The highest BCUT2D eigenvalue weighted by atomic mass is 35.5. The predicted molar refractivity (Wildman–Crippen MR) is 151 cm³/mol. The average Bonchev–Trinajstić information content (AvgIpc) is 3.41. The molecule has 6 nitrogen and oxygen atoms in total. The van der Waals surface area contributed by atoms with Crippen LogP contribution in [0.5, 0.6) is 0 Å². The van der Waals surface area contributed by atoms with E-state index in [2.05, 4.69) is 10.3 Å². The van der Waals surface area contributed by atoms with E-state index in [-0.39, 0.29) is 5.91 Å². The van der Waals surface area contributed by atoms with Gasteiger partial charge in [0.15, 0.2) is 5.58 Å². The number of nitrogens with one attached hydrogen (secondary N) is 1. The van der Waals surface area contributed by atoms with E-state index in [1.54, 1.807) is 6.07 Å². The fraction of sp³-hybridized carbons (Fsp3) is 0.103. The number of rotatable bonds is 6. The highest BCUT2D eigenvalue weighted by Crippen LogP contribution is 2.37. The van der Waals surface area contributed by atoms with Crippen molar-refractivity contribution in [3.63, 3.8) is 0 Å². The van der Waals surface area contributed by atoms with Crippen molar-refractivity contribution in [1.29, 1.82) is 0 Å². The molecule has 0 saturated heterocycles. The molecule has 0 atom stereocenters. The van der Waals surface area contributed by atoms with Crippen LogP contribution in [0.15, 0.2) is 86.6 Å². The van der Waals surface area contributed by atoms with Gasteiger partial charge in [-0.05, 0) is 48.9 Å². The smallest absolute Gasteiger partial charge is 0.224 e. The number of nitrogens with two attached hydrogens (primary N) is 1. The molecule has 2 heterocycles. The standard InChI is InChI=1S/C29H21Cl2N3O3/c30-16-12-22-21-11-8-17(14-26(21)37-29(22)23(31)13-16)33-27(32)6-3-7-28(35)34-18-9-10-20-19-4-1-2-5-24(19)36-25(20)15-18/h1-2,4-5,8-15H,3,6-7H2,(H2,32,33)(H,34,35). The molecule has 0 aliphatic rings. The summed E-state index contributed by atoms with van der Waals surface area (Å²) in [6.45, 7) is 0. The molecule has 37 heavy (non-hydrogen) atoms. The fourth-order valence-electron chi connectivity index (χ4n) is 4.54. The van der Waals surface area contributed by atoms with Crippen LogP contribution in [-0.4, -0.2) is 11.7 Å². The molecule has 0 unspecified atom stereocenters. The average molecular weight is 530 g/mol. The third-order valence-electron chi connectivity index (χ3n) is 6.25. The summed E-state index contributed by atoms with van der Waals surface area (Å²) < 4.78 is 11.8. The van der Waals surface area contributed by atoms with Gasteiger partial charge in [-0.1, -0.05) is 41.4 Å². The minimum Gasteiger partial charge on any atom is -0.456 e. The van der Waals surface area contributed by atoms with Gasteiger partial charge in [0.25, 0.3) is 0 Å². The maximum atomic E-state index is 12.5. The number of furan rings is 2. The molecule has 0 radical (unpaired) electrons. The van der Waals surface area contributed by atoms with Crippen molar-refractivity contribution < 1.29 is 13.6 Å². The number of hydrogen-bond acceptors (Lipinski definition) is 4. The van der Waals surface area contributed by atoms with Crippen LogP contribution in [0.1, 0.15) is 19.3 Å². The Morgan fingerprint density at radius 3 is 2.46 bits per heavy atom. The Kier molecular flexibility index (Phi) is 5.99. The van der Waals surface area contributed by atoms with Crippen molar-refractivity contribution in [1.82, 2.24) is 0 Å². The van der Waals surface area contributed by atoms with Gasteiger partial charge in [0.2, 0.25) is 5.91 Å². The van der Waals surface area contributed by atoms with E-state index < -0.39 is 0 Å². The van der Waals surface area contributed by atoms with Crippen LogP contribution >= 0.6 is 23.2 Å². The van der Waals surface area contributed by atoms with E-state index >= 15 is 0 Å². The summed E-state index contributed by atoms with van der Waals surface area (Å²) in [6.07, 6.45) is 1.36. The Bertz CT molecular complexity index is 1850. The maximum Gasteiger partial charge on any atom is 0.224 e. The first-order chi connectivity index (χ1) is 17.9. The first kappa shape index (κ1) is 23.4. The summed E-state index contributed by atoms with van der Waals surface area (Å²) in [5, 5.41) is 7.75. The van der Waals surface area contributed by atoms with Crippen LogP contribution in [0.2, 0.25) is 10.0 Å². The number of amidine groups is 1. The maximum absolute atomic E-state index is 12.5. The zero-order valence-corrected chi connectivity index (χ0v) is 21.1. The van der Waals surface area contributed by atoms with Gasteiger partial charge >= 0.3 is 0 Å². The number of carbonyl (C=O) groups is 1. The molecule has 0 spiro atoms. The second-order valence-corrected chi connectivity index (χ2v) is 9.70. The number of anilines is 1. The number of carbonyl (C=O) groups excluding carboxylic acids is 1. The van der Waals surface area contributed by atoms with E-state index in [1.165, 1.54) is 0 Å². The van der Waals surface area contributed by atoms with Gasteiger partial charge in [-0.3, -0.25) is 4.79 Å². The third-order valence-corrected chi connectivity index (χ3v) is 6.75. The van der Waals surface area contributed by atoms with Crippen molar-refractivity contribution in [3.8, 4) is 0 Å². The molecular weight excluding hydrogens is 509 g/mol. The Labute approximate surface area is 221 Å². The second kappa shape index (κ2) is 9.47. The monoisotopic (exact) mass is 529 g/mol. The number of benzene rings is 4. The first-order valence-corrected chi connectivity index (χ1v) is 12.6. The largest absolute Gasteiger partial charge is 0.456 e. The van der Waals surface area contributed by atoms with Crippen LogP contribution in [0, 0.1) is 0 Å². The molecule has 0 aliphatic heterocycles. The molecule has 0 aliphatic carbocycles. The minimum atomic E-state index is -0.0949. The topological polar surface area (TPSA) is 93.8 Å². The molecule has 6 rings (SSSR count). The molecule has 1 amide bonds. The van der Waals surface area contributed by atoms with Crippen LogP contribution in [0.3, 0.4) is 0 Å². The van der Waals surface area contributed by atoms with Gasteiger partial charge in [-0.2, -0.15) is 0 Å². The van der Waals surface area contributed by atoms with Gasteiger partial charge in [0.05, 0.1) is 16.5 Å². The molecule has 184 valence electrons. The lowest BCUT2D eigenvalue weighted by Gasteiger charge is -2.05. The van der Waals surface area contributed by atoms with Crippen LogP contribution < -0.4 is 11.1 Å². The lowest BCUT2D eigenvalue weighted by molar-refractivity contribution is -0.116. The van der Waals surface area contributed by atoms with Crippen molar-refractivity contribution >= 4 is 90.2 Å². The predicted octanol–water partition coefficient (Wildman–Crippen LogP) is 8.59. The lowest BCUT2D eigenvalue weighted by atomic mass is 10.1.